The summed E-state index contributed by atoms with van der Waals surface area (Å²) < 4.78 is 33.6. The summed E-state index contributed by atoms with van der Waals surface area (Å²) in [6.45, 7) is 0.357. The van der Waals surface area contributed by atoms with E-state index in [1.165, 1.54) is 24.3 Å². The summed E-state index contributed by atoms with van der Waals surface area (Å²) in [5.74, 6) is -2.48. The molecule has 1 amide bonds. The van der Waals surface area contributed by atoms with Crippen LogP contribution in [-0.2, 0) is 20.9 Å². The van der Waals surface area contributed by atoms with Gasteiger partial charge in [0.2, 0.25) is 5.91 Å². The number of amides is 1. The van der Waals surface area contributed by atoms with E-state index in [2.05, 4.69) is 15.5 Å². The van der Waals surface area contributed by atoms with Gasteiger partial charge >= 0.3 is 5.97 Å². The second-order valence-electron chi connectivity index (χ2n) is 8.32. The Morgan fingerprint density at radius 2 is 1.86 bits per heavy atom. The molecule has 4 rings (SSSR count). The highest BCUT2D eigenvalue weighted by Crippen LogP contribution is 2.39. The zero-order valence-electron chi connectivity index (χ0n) is 19.0. The molecule has 0 saturated heterocycles. The number of benzene rings is 3. The SMILES string of the molecule is COC(=O)c1c(F)cccc1-c1ccc(CNC(=O)C2CC2CONc2cccc(N)c2)c(F)c1. The topological polar surface area (TPSA) is 103 Å². The molecule has 3 aromatic carbocycles. The molecule has 2 unspecified atom stereocenters. The number of ether oxygens (including phenoxy) is 1. The molecule has 0 bridgehead atoms. The lowest BCUT2D eigenvalue weighted by molar-refractivity contribution is -0.122. The van der Waals surface area contributed by atoms with E-state index in [-0.39, 0.29) is 41.0 Å². The van der Waals surface area contributed by atoms with Crippen LogP contribution >= 0.6 is 0 Å². The third-order valence-corrected chi connectivity index (χ3v) is 5.85. The molecule has 1 aliphatic carbocycles. The molecule has 4 N–H and O–H groups in total. The number of nitrogens with one attached hydrogen (secondary N) is 2. The minimum Gasteiger partial charge on any atom is -0.465 e. The summed E-state index contributed by atoms with van der Waals surface area (Å²) in [4.78, 5) is 29.9. The van der Waals surface area contributed by atoms with Gasteiger partial charge in [-0.3, -0.25) is 15.1 Å². The van der Waals surface area contributed by atoms with Crippen molar-refractivity contribution in [1.82, 2.24) is 5.32 Å². The third kappa shape index (κ3) is 5.75. The Hall–Kier alpha value is -3.98. The van der Waals surface area contributed by atoms with Crippen LogP contribution in [0.4, 0.5) is 20.2 Å². The van der Waals surface area contributed by atoms with Crippen LogP contribution in [0.2, 0.25) is 0 Å². The van der Waals surface area contributed by atoms with Crippen LogP contribution in [0.15, 0.2) is 60.7 Å². The lowest BCUT2D eigenvalue weighted by Gasteiger charge is -2.11. The van der Waals surface area contributed by atoms with E-state index >= 15 is 0 Å². The first-order valence-corrected chi connectivity index (χ1v) is 11.0. The highest BCUT2D eigenvalue weighted by Gasteiger charge is 2.43. The van der Waals surface area contributed by atoms with E-state index in [1.807, 2.05) is 6.07 Å². The van der Waals surface area contributed by atoms with E-state index in [9.17, 15) is 18.4 Å². The fourth-order valence-corrected chi connectivity index (χ4v) is 3.83. The number of nitrogen functional groups attached to an aromatic ring is 1. The highest BCUT2D eigenvalue weighted by atomic mass is 19.1. The molecule has 1 saturated carbocycles. The maximum Gasteiger partial charge on any atom is 0.341 e. The molecular formula is C26H25F2N3O4. The molecule has 35 heavy (non-hydrogen) atoms. The van der Waals surface area contributed by atoms with Crippen molar-refractivity contribution in [3.63, 3.8) is 0 Å². The van der Waals surface area contributed by atoms with E-state index in [1.54, 1.807) is 24.3 Å². The van der Waals surface area contributed by atoms with Crippen molar-refractivity contribution in [2.75, 3.05) is 24.9 Å². The Morgan fingerprint density at radius 3 is 2.60 bits per heavy atom. The number of esters is 1. The number of hydrogen-bond donors (Lipinski definition) is 3. The summed E-state index contributed by atoms with van der Waals surface area (Å²) in [7, 11) is 1.15. The number of halogens is 2. The van der Waals surface area contributed by atoms with Gasteiger partial charge in [-0.25, -0.2) is 13.6 Å². The summed E-state index contributed by atoms with van der Waals surface area (Å²) in [5.41, 5.74) is 10.4. The number of methoxy groups -OCH3 is 1. The van der Waals surface area contributed by atoms with Crippen LogP contribution in [0.3, 0.4) is 0 Å². The minimum absolute atomic E-state index is 0.00355. The van der Waals surface area contributed by atoms with Crippen LogP contribution in [0, 0.1) is 23.5 Å². The summed E-state index contributed by atoms with van der Waals surface area (Å²) in [6, 6.07) is 15.5. The Balaban J connectivity index is 1.31. The van der Waals surface area contributed by atoms with Crippen molar-refractivity contribution in [3.05, 3.63) is 83.4 Å². The summed E-state index contributed by atoms with van der Waals surface area (Å²) in [6.07, 6.45) is 0.682. The Labute approximate surface area is 201 Å². The number of carbonyl (C=O) groups excluding carboxylic acids is 2. The molecule has 0 spiro atoms. The first-order valence-electron chi connectivity index (χ1n) is 11.0. The van der Waals surface area contributed by atoms with Gasteiger partial charge < -0.3 is 15.8 Å². The Kier molecular flexibility index (Phi) is 7.26. The second-order valence-corrected chi connectivity index (χ2v) is 8.32. The zero-order chi connectivity index (χ0) is 24.9. The van der Waals surface area contributed by atoms with Crippen LogP contribution in [0.25, 0.3) is 11.1 Å². The van der Waals surface area contributed by atoms with Gasteiger partial charge in [0.25, 0.3) is 0 Å². The van der Waals surface area contributed by atoms with Crippen LogP contribution in [-0.4, -0.2) is 25.6 Å². The van der Waals surface area contributed by atoms with Crippen molar-refractivity contribution in [3.8, 4) is 11.1 Å². The monoisotopic (exact) mass is 481 g/mol. The number of rotatable bonds is 9. The van der Waals surface area contributed by atoms with Crippen LogP contribution in [0.5, 0.6) is 0 Å². The van der Waals surface area contributed by atoms with E-state index in [4.69, 9.17) is 10.6 Å². The Bertz CT molecular complexity index is 1250. The quantitative estimate of drug-likeness (QED) is 0.239. The van der Waals surface area contributed by atoms with Crippen molar-refractivity contribution in [2.45, 2.75) is 13.0 Å². The molecule has 7 nitrogen and oxygen atoms in total. The maximum atomic E-state index is 14.8. The minimum atomic E-state index is -0.846. The fourth-order valence-electron chi connectivity index (χ4n) is 3.83. The van der Waals surface area contributed by atoms with Crippen molar-refractivity contribution in [1.29, 1.82) is 0 Å². The van der Waals surface area contributed by atoms with Gasteiger partial charge in [0, 0.05) is 23.7 Å². The molecule has 0 aliphatic heterocycles. The van der Waals surface area contributed by atoms with E-state index in [0.717, 1.165) is 18.9 Å². The summed E-state index contributed by atoms with van der Waals surface area (Å²) >= 11 is 0. The smallest absolute Gasteiger partial charge is 0.341 e. The van der Waals surface area contributed by atoms with E-state index in [0.29, 0.717) is 24.3 Å². The van der Waals surface area contributed by atoms with Gasteiger partial charge in [0.1, 0.15) is 17.2 Å². The fraction of sp³-hybridized carbons (Fsp3) is 0.231. The molecule has 0 heterocycles. The molecule has 1 aliphatic rings. The van der Waals surface area contributed by atoms with Gasteiger partial charge in [0.15, 0.2) is 0 Å². The summed E-state index contributed by atoms with van der Waals surface area (Å²) in [5, 5.41) is 2.75. The second kappa shape index (κ2) is 10.5. The molecule has 0 aromatic heterocycles. The first kappa shape index (κ1) is 24.2. The Morgan fingerprint density at radius 1 is 1.06 bits per heavy atom. The average molecular weight is 481 g/mol. The zero-order valence-corrected chi connectivity index (χ0v) is 19.0. The van der Waals surface area contributed by atoms with Gasteiger partial charge in [-0.1, -0.05) is 30.3 Å². The molecule has 182 valence electrons. The highest BCUT2D eigenvalue weighted by molar-refractivity contribution is 5.97. The molecule has 1 fully saturated rings. The molecule has 2 atom stereocenters. The normalized spacial score (nSPS) is 16.4. The molecular weight excluding hydrogens is 456 g/mol. The number of anilines is 2. The van der Waals surface area contributed by atoms with Gasteiger partial charge in [-0.2, -0.15) is 0 Å². The molecule has 0 radical (unpaired) electrons. The molecule has 3 aromatic rings. The largest absolute Gasteiger partial charge is 0.465 e. The van der Waals surface area contributed by atoms with Crippen molar-refractivity contribution >= 4 is 23.3 Å². The van der Waals surface area contributed by atoms with E-state index < -0.39 is 17.6 Å². The number of hydrogen-bond acceptors (Lipinski definition) is 6. The standard InChI is InChI=1S/C26H25F2N3O4/c1-34-26(33)24-20(6-3-7-22(24)27)15-8-9-16(23(28)11-15)13-30-25(32)21-10-17(21)14-35-31-19-5-2-4-18(29)12-19/h2-9,11-12,17,21,31H,10,13-14,29H2,1H3,(H,30,32). The maximum absolute atomic E-state index is 14.8. The predicted molar refractivity (Wildman–Crippen MR) is 127 cm³/mol. The van der Waals surface area contributed by atoms with Gasteiger partial charge in [0.05, 0.1) is 19.4 Å². The van der Waals surface area contributed by atoms with Gasteiger partial charge in [-0.05, 0) is 53.8 Å². The number of carbonyl (C=O) groups is 2. The lowest BCUT2D eigenvalue weighted by atomic mass is 9.98. The first-order chi connectivity index (χ1) is 16.9. The predicted octanol–water partition coefficient (Wildman–Crippen LogP) is 4.30. The number of nitrogens with two attached hydrogens (primary N) is 1. The average Bonchev–Trinajstić information content (AvgIpc) is 3.62. The van der Waals surface area contributed by atoms with Crippen LogP contribution < -0.4 is 16.5 Å². The van der Waals surface area contributed by atoms with Gasteiger partial charge in [-0.15, -0.1) is 0 Å². The van der Waals surface area contributed by atoms with Crippen molar-refractivity contribution in [2.24, 2.45) is 11.8 Å². The third-order valence-electron chi connectivity index (χ3n) is 5.85. The van der Waals surface area contributed by atoms with Crippen LogP contribution in [0.1, 0.15) is 22.3 Å². The lowest BCUT2D eigenvalue weighted by Crippen LogP contribution is -2.26. The molecule has 9 heteroatoms. The van der Waals surface area contributed by atoms with Crippen molar-refractivity contribution < 1.29 is 27.9 Å².